The van der Waals surface area contributed by atoms with Gasteiger partial charge in [-0.3, -0.25) is 9.59 Å². The van der Waals surface area contributed by atoms with Gasteiger partial charge >= 0.3 is 0 Å². The zero-order valence-electron chi connectivity index (χ0n) is 17.2. The summed E-state index contributed by atoms with van der Waals surface area (Å²) in [7, 11) is 0.790. The van der Waals surface area contributed by atoms with Crippen LogP contribution in [0.1, 0.15) is 20.8 Å². The Hall–Kier alpha value is -3.63. The van der Waals surface area contributed by atoms with Crippen molar-refractivity contribution in [2.75, 3.05) is 24.8 Å². The normalized spacial score (nSPS) is 11.1. The molecule has 2 aromatic carbocycles. The summed E-state index contributed by atoms with van der Waals surface area (Å²) in [4.78, 5) is 24.9. The maximum absolute atomic E-state index is 12.5. The summed E-state index contributed by atoms with van der Waals surface area (Å²) in [6.45, 7) is 0. The van der Waals surface area contributed by atoms with Gasteiger partial charge in [-0.15, -0.1) is 0 Å². The van der Waals surface area contributed by atoms with Crippen molar-refractivity contribution in [3.8, 4) is 5.75 Å². The quantitative estimate of drug-likeness (QED) is 0.519. The van der Waals surface area contributed by atoms with E-state index < -0.39 is 15.9 Å². The molecule has 3 aromatic rings. The van der Waals surface area contributed by atoms with Crippen molar-refractivity contribution in [2.45, 2.75) is 4.90 Å². The smallest absolute Gasteiger partial charge is 0.272 e. The number of hydrogen-bond donors (Lipinski definition) is 3. The van der Waals surface area contributed by atoms with E-state index in [1.807, 2.05) is 0 Å². The van der Waals surface area contributed by atoms with Gasteiger partial charge in [-0.25, -0.2) is 13.1 Å². The molecule has 0 bridgehead atoms. The van der Waals surface area contributed by atoms with E-state index in [0.29, 0.717) is 22.7 Å². The molecule has 1 aromatic heterocycles. The lowest BCUT2D eigenvalue weighted by Crippen LogP contribution is -2.18. The van der Waals surface area contributed by atoms with Crippen LogP contribution < -0.4 is 20.1 Å². The molecule has 0 saturated heterocycles. The van der Waals surface area contributed by atoms with E-state index in [9.17, 15) is 18.0 Å². The number of carbonyl (C=O) groups excluding carboxylic acids is 2. The third-order valence-electron chi connectivity index (χ3n) is 4.54. The summed E-state index contributed by atoms with van der Waals surface area (Å²) in [6, 6.07) is 14.6. The van der Waals surface area contributed by atoms with E-state index in [1.54, 1.807) is 62.7 Å². The third kappa shape index (κ3) is 5.11. The fourth-order valence-electron chi connectivity index (χ4n) is 2.80. The SMILES string of the molecule is CNS(=O)(=O)c1cc(C(=O)Nc2ccc(C(=O)Nc3ccc(OC)cc3)cc2)n(C)c1. The topological polar surface area (TPSA) is 119 Å². The van der Waals surface area contributed by atoms with E-state index in [-0.39, 0.29) is 16.5 Å². The van der Waals surface area contributed by atoms with Crippen molar-refractivity contribution in [3.63, 3.8) is 0 Å². The van der Waals surface area contributed by atoms with E-state index >= 15 is 0 Å². The van der Waals surface area contributed by atoms with Crippen LogP contribution in [0.15, 0.2) is 65.7 Å². The van der Waals surface area contributed by atoms with Gasteiger partial charge in [0, 0.05) is 30.2 Å². The minimum absolute atomic E-state index is 0.00630. The van der Waals surface area contributed by atoms with Crippen LogP contribution in [-0.2, 0) is 17.1 Å². The standard InChI is InChI=1S/C21H22N4O5S/c1-22-31(28,29)18-12-19(25(2)13-18)21(27)24-15-6-4-14(5-7-15)20(26)23-16-8-10-17(30-3)11-9-16/h4-13,22H,1-3H3,(H,23,26)(H,24,27). The molecule has 2 amide bonds. The highest BCUT2D eigenvalue weighted by molar-refractivity contribution is 7.89. The number of nitrogens with zero attached hydrogens (tertiary/aromatic N) is 1. The number of amides is 2. The molecule has 0 fully saturated rings. The lowest BCUT2D eigenvalue weighted by atomic mass is 10.2. The number of benzene rings is 2. The first kappa shape index (κ1) is 22.1. The molecule has 0 spiro atoms. The van der Waals surface area contributed by atoms with Crippen LogP contribution in [0.2, 0.25) is 0 Å². The Labute approximate surface area is 180 Å². The first-order chi connectivity index (χ1) is 14.7. The monoisotopic (exact) mass is 442 g/mol. The molecule has 31 heavy (non-hydrogen) atoms. The number of aryl methyl sites for hydroxylation is 1. The van der Waals surface area contributed by atoms with Gasteiger partial charge in [0.1, 0.15) is 16.3 Å². The van der Waals surface area contributed by atoms with Crippen molar-refractivity contribution in [1.29, 1.82) is 0 Å². The van der Waals surface area contributed by atoms with Gasteiger partial charge in [0.15, 0.2) is 0 Å². The second kappa shape index (κ2) is 9.02. The molecule has 162 valence electrons. The van der Waals surface area contributed by atoms with Crippen LogP contribution in [-0.4, -0.2) is 39.0 Å². The predicted octanol–water partition coefficient (Wildman–Crippen LogP) is 2.45. The molecule has 0 saturated carbocycles. The van der Waals surface area contributed by atoms with Crippen LogP contribution in [0.3, 0.4) is 0 Å². The summed E-state index contributed by atoms with van der Waals surface area (Å²) in [5.41, 5.74) is 1.68. The zero-order chi connectivity index (χ0) is 22.6. The number of aromatic nitrogens is 1. The minimum Gasteiger partial charge on any atom is -0.497 e. The number of carbonyl (C=O) groups is 2. The Kier molecular flexibility index (Phi) is 6.42. The third-order valence-corrected chi connectivity index (χ3v) is 5.93. The van der Waals surface area contributed by atoms with Crippen LogP contribution in [0.25, 0.3) is 0 Å². The van der Waals surface area contributed by atoms with Crippen molar-refractivity contribution in [1.82, 2.24) is 9.29 Å². The lowest BCUT2D eigenvalue weighted by molar-refractivity contribution is 0.101. The van der Waals surface area contributed by atoms with E-state index in [2.05, 4.69) is 15.4 Å². The van der Waals surface area contributed by atoms with Gasteiger partial charge in [0.25, 0.3) is 11.8 Å². The number of nitrogens with one attached hydrogen (secondary N) is 3. The summed E-state index contributed by atoms with van der Waals surface area (Å²) in [6.07, 6.45) is 1.35. The Morgan fingerprint density at radius 1 is 0.903 bits per heavy atom. The highest BCUT2D eigenvalue weighted by Crippen LogP contribution is 2.18. The second-order valence-electron chi connectivity index (χ2n) is 6.59. The fraction of sp³-hybridized carbons (Fsp3) is 0.143. The molecule has 10 heteroatoms. The highest BCUT2D eigenvalue weighted by Gasteiger charge is 2.19. The maximum Gasteiger partial charge on any atom is 0.272 e. The largest absolute Gasteiger partial charge is 0.497 e. The molecule has 1 heterocycles. The summed E-state index contributed by atoms with van der Waals surface area (Å²) >= 11 is 0. The molecule has 0 aliphatic carbocycles. The van der Waals surface area contributed by atoms with Crippen molar-refractivity contribution in [3.05, 3.63) is 72.1 Å². The molecule has 3 N–H and O–H groups in total. The van der Waals surface area contributed by atoms with Crippen LogP contribution in [0, 0.1) is 0 Å². The minimum atomic E-state index is -3.65. The molecule has 0 radical (unpaired) electrons. The number of ether oxygens (including phenoxy) is 1. The Balaban J connectivity index is 1.67. The van der Waals surface area contributed by atoms with Crippen molar-refractivity contribution < 1.29 is 22.7 Å². The number of rotatable bonds is 7. The average Bonchev–Trinajstić information content (AvgIpc) is 3.17. The predicted molar refractivity (Wildman–Crippen MR) is 117 cm³/mol. The average molecular weight is 442 g/mol. The molecule has 0 aliphatic rings. The maximum atomic E-state index is 12.5. The van der Waals surface area contributed by atoms with Crippen LogP contribution in [0.5, 0.6) is 5.75 Å². The summed E-state index contributed by atoms with van der Waals surface area (Å²) in [5, 5.41) is 5.47. The van der Waals surface area contributed by atoms with Crippen molar-refractivity contribution >= 4 is 33.2 Å². The molecular weight excluding hydrogens is 420 g/mol. The van der Waals surface area contributed by atoms with Crippen LogP contribution >= 0.6 is 0 Å². The fourth-order valence-corrected chi connectivity index (χ4v) is 3.60. The van der Waals surface area contributed by atoms with Gasteiger partial charge in [-0.1, -0.05) is 0 Å². The van der Waals surface area contributed by atoms with E-state index in [0.717, 1.165) is 0 Å². The summed E-state index contributed by atoms with van der Waals surface area (Å²) < 4.78 is 32.5. The zero-order valence-corrected chi connectivity index (χ0v) is 18.0. The van der Waals surface area contributed by atoms with Gasteiger partial charge in [0.05, 0.1) is 7.11 Å². The number of anilines is 2. The number of hydrogen-bond acceptors (Lipinski definition) is 5. The number of methoxy groups -OCH3 is 1. The molecule has 0 atom stereocenters. The van der Waals surface area contributed by atoms with Gasteiger partial charge in [0.2, 0.25) is 10.0 Å². The lowest BCUT2D eigenvalue weighted by Gasteiger charge is -2.08. The first-order valence-corrected chi connectivity index (χ1v) is 10.7. The molecular formula is C21H22N4O5S. The molecule has 0 aliphatic heterocycles. The summed E-state index contributed by atoms with van der Waals surface area (Å²) in [5.74, 6) is -0.0881. The Bertz CT molecular complexity index is 1200. The highest BCUT2D eigenvalue weighted by atomic mass is 32.2. The van der Waals surface area contributed by atoms with Crippen LogP contribution in [0.4, 0.5) is 11.4 Å². The van der Waals surface area contributed by atoms with Gasteiger partial charge in [-0.2, -0.15) is 0 Å². The van der Waals surface area contributed by atoms with E-state index in [1.165, 1.54) is 23.9 Å². The van der Waals surface area contributed by atoms with E-state index in [4.69, 9.17) is 4.74 Å². The Morgan fingerprint density at radius 2 is 1.45 bits per heavy atom. The van der Waals surface area contributed by atoms with Crippen molar-refractivity contribution in [2.24, 2.45) is 7.05 Å². The molecule has 9 nitrogen and oxygen atoms in total. The number of sulfonamides is 1. The first-order valence-electron chi connectivity index (χ1n) is 9.20. The molecule has 0 unspecified atom stereocenters. The molecule has 3 rings (SSSR count). The second-order valence-corrected chi connectivity index (χ2v) is 8.48. The Morgan fingerprint density at radius 3 is 2.00 bits per heavy atom. The van der Waals surface area contributed by atoms with Gasteiger partial charge < -0.3 is 19.9 Å². The van der Waals surface area contributed by atoms with Gasteiger partial charge in [-0.05, 0) is 61.6 Å².